The fourth-order valence-corrected chi connectivity index (χ4v) is 4.18. The van der Waals surface area contributed by atoms with Crippen LogP contribution in [-0.2, 0) is 16.8 Å². The molecule has 0 spiro atoms. The van der Waals surface area contributed by atoms with Crippen molar-refractivity contribution in [3.8, 4) is 0 Å². The molecule has 1 unspecified atom stereocenters. The lowest BCUT2D eigenvalue weighted by molar-refractivity contribution is -0.119. The van der Waals surface area contributed by atoms with Gasteiger partial charge in [0, 0.05) is 32.2 Å². The Morgan fingerprint density at radius 3 is 2.57 bits per heavy atom. The molecule has 0 aromatic heterocycles. The summed E-state index contributed by atoms with van der Waals surface area (Å²) in [6.07, 6.45) is 0.281. The van der Waals surface area contributed by atoms with Crippen LogP contribution in [0.3, 0.4) is 0 Å². The number of anilines is 2. The minimum Gasteiger partial charge on any atom is -0.365 e. The Hall–Kier alpha value is -2.08. The molecular formula is C21H14BrCl2FN2O. The molecule has 0 saturated carbocycles. The third-order valence-electron chi connectivity index (χ3n) is 4.71. The van der Waals surface area contributed by atoms with Gasteiger partial charge in [-0.25, -0.2) is 4.39 Å². The van der Waals surface area contributed by atoms with Gasteiger partial charge >= 0.3 is 0 Å². The van der Waals surface area contributed by atoms with E-state index in [0.29, 0.717) is 25.8 Å². The Kier molecular flexibility index (Phi) is 5.08. The Bertz CT molecular complexity index is 1090. The molecule has 0 saturated heterocycles. The summed E-state index contributed by atoms with van der Waals surface area (Å²) in [6.45, 7) is 0. The van der Waals surface area contributed by atoms with Gasteiger partial charge in [-0.2, -0.15) is 0 Å². The molecule has 0 aliphatic carbocycles. The van der Waals surface area contributed by atoms with Crippen LogP contribution >= 0.6 is 39.1 Å². The van der Waals surface area contributed by atoms with Gasteiger partial charge in [-0.15, -0.1) is 0 Å². The topological polar surface area (TPSA) is 41.1 Å². The highest BCUT2D eigenvalue weighted by molar-refractivity contribution is 9.10. The van der Waals surface area contributed by atoms with Crippen molar-refractivity contribution < 1.29 is 9.18 Å². The molecule has 1 atom stereocenters. The summed E-state index contributed by atoms with van der Waals surface area (Å²) in [7, 11) is 0. The molecule has 3 aromatic rings. The van der Waals surface area contributed by atoms with Gasteiger partial charge in [0.1, 0.15) is 11.4 Å². The number of rotatable bonds is 4. The van der Waals surface area contributed by atoms with Crippen LogP contribution in [0.1, 0.15) is 11.1 Å². The van der Waals surface area contributed by atoms with Gasteiger partial charge in [0.25, 0.3) is 5.91 Å². The molecule has 1 heterocycles. The van der Waals surface area contributed by atoms with Gasteiger partial charge in [0.2, 0.25) is 0 Å². The Morgan fingerprint density at radius 2 is 1.82 bits per heavy atom. The number of halogens is 4. The predicted molar refractivity (Wildman–Crippen MR) is 115 cm³/mol. The highest BCUT2D eigenvalue weighted by atomic mass is 79.9. The van der Waals surface area contributed by atoms with Crippen molar-refractivity contribution in [1.82, 2.24) is 0 Å². The van der Waals surface area contributed by atoms with Crippen molar-refractivity contribution in [2.75, 3.05) is 10.6 Å². The summed E-state index contributed by atoms with van der Waals surface area (Å²) in [6, 6.07) is 17.1. The maximum atomic E-state index is 14.6. The maximum Gasteiger partial charge on any atom is 0.255 e. The van der Waals surface area contributed by atoms with Crippen LogP contribution in [0.4, 0.5) is 15.8 Å². The van der Waals surface area contributed by atoms with Crippen LogP contribution in [0, 0.1) is 5.82 Å². The largest absolute Gasteiger partial charge is 0.365 e. The number of fused-ring (bicyclic) bond motifs is 1. The smallest absolute Gasteiger partial charge is 0.255 e. The zero-order valence-electron chi connectivity index (χ0n) is 14.4. The standard InChI is InChI=1S/C21H14BrCl2FN2O/c22-13-4-7-18(17(25)9-13)27-21(11-12-2-1-3-14(23)8-12)16-6-5-15(24)10-19(16)26-20(21)28/h1-10,27H,11H2,(H,26,28). The highest BCUT2D eigenvalue weighted by Gasteiger charge is 2.47. The van der Waals surface area contributed by atoms with E-state index in [1.807, 2.05) is 12.1 Å². The Balaban J connectivity index is 1.85. The second-order valence-corrected chi connectivity index (χ2v) is 8.39. The lowest BCUT2D eigenvalue weighted by atomic mass is 9.84. The SMILES string of the molecule is O=C1Nc2cc(Cl)ccc2C1(Cc1cccc(Cl)c1)Nc1ccc(Br)cc1F. The van der Waals surface area contributed by atoms with Gasteiger partial charge in [0.15, 0.2) is 0 Å². The van der Waals surface area contributed by atoms with E-state index in [-0.39, 0.29) is 18.0 Å². The van der Waals surface area contributed by atoms with Gasteiger partial charge in [-0.3, -0.25) is 4.79 Å². The van der Waals surface area contributed by atoms with E-state index in [9.17, 15) is 9.18 Å². The number of amides is 1. The first kappa shape index (κ1) is 19.2. The summed E-state index contributed by atoms with van der Waals surface area (Å²) in [5.74, 6) is -0.748. The number of carbonyl (C=O) groups excluding carboxylic acids is 1. The van der Waals surface area contributed by atoms with Crippen molar-refractivity contribution in [3.05, 3.63) is 92.1 Å². The van der Waals surface area contributed by atoms with Crippen molar-refractivity contribution >= 4 is 56.4 Å². The molecule has 3 aromatic carbocycles. The molecule has 0 fully saturated rings. The van der Waals surface area contributed by atoms with Crippen molar-refractivity contribution in [3.63, 3.8) is 0 Å². The van der Waals surface area contributed by atoms with E-state index < -0.39 is 11.4 Å². The normalized spacial score (nSPS) is 17.9. The summed E-state index contributed by atoms with van der Waals surface area (Å²) in [5, 5.41) is 7.09. The van der Waals surface area contributed by atoms with Crippen LogP contribution in [0.5, 0.6) is 0 Å². The van der Waals surface area contributed by atoms with Crippen molar-refractivity contribution in [1.29, 1.82) is 0 Å². The monoisotopic (exact) mass is 478 g/mol. The number of nitrogens with one attached hydrogen (secondary N) is 2. The van der Waals surface area contributed by atoms with Crippen LogP contribution < -0.4 is 10.6 Å². The fourth-order valence-electron chi connectivity index (χ4n) is 3.46. The second kappa shape index (κ2) is 7.39. The molecule has 1 aliphatic heterocycles. The molecule has 2 N–H and O–H groups in total. The minimum absolute atomic E-state index is 0.225. The van der Waals surface area contributed by atoms with E-state index in [4.69, 9.17) is 23.2 Å². The van der Waals surface area contributed by atoms with Gasteiger partial charge in [-0.05, 0) is 48.0 Å². The molecule has 142 valence electrons. The molecular weight excluding hydrogens is 466 g/mol. The van der Waals surface area contributed by atoms with Crippen LogP contribution in [0.2, 0.25) is 10.0 Å². The lowest BCUT2D eigenvalue weighted by Crippen LogP contribution is -2.44. The molecule has 28 heavy (non-hydrogen) atoms. The van der Waals surface area contributed by atoms with E-state index in [2.05, 4.69) is 26.6 Å². The number of hydrogen-bond donors (Lipinski definition) is 2. The third kappa shape index (κ3) is 3.50. The third-order valence-corrected chi connectivity index (χ3v) is 5.68. The first-order valence-electron chi connectivity index (χ1n) is 8.46. The number of hydrogen-bond acceptors (Lipinski definition) is 2. The number of benzene rings is 3. The van der Waals surface area contributed by atoms with Gasteiger partial charge in [0.05, 0.1) is 5.69 Å². The molecule has 3 nitrogen and oxygen atoms in total. The quantitative estimate of drug-likeness (QED) is 0.454. The predicted octanol–water partition coefficient (Wildman–Crippen LogP) is 6.40. The van der Waals surface area contributed by atoms with Crippen LogP contribution in [-0.4, -0.2) is 5.91 Å². The molecule has 4 rings (SSSR count). The van der Waals surface area contributed by atoms with E-state index in [1.54, 1.807) is 42.5 Å². The van der Waals surface area contributed by atoms with E-state index >= 15 is 0 Å². The zero-order chi connectivity index (χ0) is 19.9. The average molecular weight is 480 g/mol. The maximum absolute atomic E-state index is 14.6. The first-order valence-corrected chi connectivity index (χ1v) is 10.0. The summed E-state index contributed by atoms with van der Waals surface area (Å²) < 4.78 is 15.2. The van der Waals surface area contributed by atoms with Crippen molar-refractivity contribution in [2.24, 2.45) is 0 Å². The van der Waals surface area contributed by atoms with Crippen LogP contribution in [0.15, 0.2) is 65.1 Å². The van der Waals surface area contributed by atoms with Crippen LogP contribution in [0.25, 0.3) is 0 Å². The second-order valence-electron chi connectivity index (χ2n) is 6.61. The summed E-state index contributed by atoms with van der Waals surface area (Å²) >= 11 is 15.5. The summed E-state index contributed by atoms with van der Waals surface area (Å²) in [5.41, 5.74) is 1.16. The Labute approximate surface area is 180 Å². The lowest BCUT2D eigenvalue weighted by Gasteiger charge is -2.30. The molecule has 0 bridgehead atoms. The van der Waals surface area contributed by atoms with Gasteiger partial charge in [-0.1, -0.05) is 57.3 Å². The molecule has 7 heteroatoms. The first-order chi connectivity index (χ1) is 13.4. The number of carbonyl (C=O) groups is 1. The van der Waals surface area contributed by atoms with E-state index in [1.165, 1.54) is 6.07 Å². The molecule has 1 amide bonds. The average Bonchev–Trinajstić information content (AvgIpc) is 2.88. The fraction of sp³-hybridized carbons (Fsp3) is 0.0952. The van der Waals surface area contributed by atoms with Gasteiger partial charge < -0.3 is 10.6 Å². The summed E-state index contributed by atoms with van der Waals surface area (Å²) in [4.78, 5) is 13.2. The molecule has 1 aliphatic rings. The van der Waals surface area contributed by atoms with E-state index in [0.717, 1.165) is 5.56 Å². The zero-order valence-corrected chi connectivity index (χ0v) is 17.5. The minimum atomic E-state index is -1.21. The van der Waals surface area contributed by atoms with Crippen molar-refractivity contribution in [2.45, 2.75) is 12.0 Å². The Morgan fingerprint density at radius 1 is 1.04 bits per heavy atom. The molecule has 0 radical (unpaired) electrons. The highest BCUT2D eigenvalue weighted by Crippen LogP contribution is 2.42.